The van der Waals surface area contributed by atoms with Crippen LogP contribution in [0.5, 0.6) is 0 Å². The van der Waals surface area contributed by atoms with E-state index in [9.17, 15) is 0 Å². The van der Waals surface area contributed by atoms with Crippen molar-refractivity contribution in [2.24, 2.45) is 5.92 Å². The van der Waals surface area contributed by atoms with Crippen LogP contribution < -0.4 is 4.90 Å². The molecule has 0 spiro atoms. The van der Waals surface area contributed by atoms with Crippen LogP contribution >= 0.6 is 0 Å². The molecule has 1 aliphatic rings. The van der Waals surface area contributed by atoms with Gasteiger partial charge in [-0.3, -0.25) is 0 Å². The fraction of sp³-hybridized carbons (Fsp3) is 0.400. The Labute approximate surface area is 137 Å². The molecule has 1 nitrogen and oxygen atoms in total. The third kappa shape index (κ3) is 3.33. The highest BCUT2D eigenvalue weighted by atomic mass is 32.2. The molecule has 1 unspecified atom stereocenters. The maximum absolute atomic E-state index is 2.56. The average molecular weight is 313 g/mol. The smallest absolute Gasteiger partial charge is 0.111 e. The summed E-state index contributed by atoms with van der Waals surface area (Å²) in [7, 11) is 0.503. The molecule has 2 aromatic carbocycles. The van der Waals surface area contributed by atoms with Gasteiger partial charge in [-0.25, -0.2) is 0 Å². The first-order chi connectivity index (χ1) is 10.6. The quantitative estimate of drug-likeness (QED) is 0.755. The lowest BCUT2D eigenvalue weighted by atomic mass is 10.0. The molecule has 0 N–H and O–H groups in total. The topological polar surface area (TPSA) is 3.24 Å². The van der Waals surface area contributed by atoms with Gasteiger partial charge in [0.15, 0.2) is 0 Å². The number of para-hydroxylation sites is 2. The van der Waals surface area contributed by atoms with Crippen molar-refractivity contribution in [1.82, 2.24) is 0 Å². The Kier molecular flexibility index (Phi) is 4.77. The molecular weight excluding hydrogens is 286 g/mol. The van der Waals surface area contributed by atoms with Gasteiger partial charge < -0.3 is 4.90 Å². The monoisotopic (exact) mass is 312 g/mol. The number of fused-ring (bicyclic) bond motifs is 2. The van der Waals surface area contributed by atoms with Crippen molar-refractivity contribution in [3.8, 4) is 0 Å². The molecule has 0 radical (unpaired) electrons. The van der Waals surface area contributed by atoms with E-state index in [2.05, 4.69) is 72.9 Å². The summed E-state index contributed by atoms with van der Waals surface area (Å²) in [6, 6.07) is 17.9. The van der Waals surface area contributed by atoms with Gasteiger partial charge in [-0.05, 0) is 47.0 Å². The second kappa shape index (κ2) is 6.78. The highest BCUT2D eigenvalue weighted by Gasteiger charge is 2.23. The molecule has 0 aromatic heterocycles. The predicted molar refractivity (Wildman–Crippen MR) is 101 cm³/mol. The van der Waals surface area contributed by atoms with Crippen LogP contribution in [-0.4, -0.2) is 24.8 Å². The number of hydrogen-bond donors (Lipinski definition) is 0. The van der Waals surface area contributed by atoms with Gasteiger partial charge >= 0.3 is 0 Å². The second-order valence-corrected chi connectivity index (χ2v) is 8.93. The molecule has 0 fully saturated rings. The average Bonchev–Trinajstić information content (AvgIpc) is 2.65. The summed E-state index contributed by atoms with van der Waals surface area (Å²) in [5, 5.41) is 0. The number of hydrogen-bond acceptors (Lipinski definition) is 1. The molecule has 116 valence electrons. The molecule has 2 heteroatoms. The summed E-state index contributed by atoms with van der Waals surface area (Å²) in [4.78, 5) is 2.56. The third-order valence-corrected chi connectivity index (χ3v) is 5.58. The molecule has 2 aromatic rings. The highest BCUT2D eigenvalue weighted by Crippen LogP contribution is 2.36. The zero-order valence-electron chi connectivity index (χ0n) is 13.9. The van der Waals surface area contributed by atoms with Crippen LogP contribution in [0.25, 0.3) is 0 Å². The van der Waals surface area contributed by atoms with Crippen LogP contribution in [-0.2, 0) is 23.7 Å². The molecule has 1 aliphatic heterocycles. The normalized spacial score (nSPS) is 15.2. The van der Waals surface area contributed by atoms with Gasteiger partial charge in [0.2, 0.25) is 0 Å². The van der Waals surface area contributed by atoms with E-state index in [0.717, 1.165) is 19.4 Å². The summed E-state index contributed by atoms with van der Waals surface area (Å²) >= 11 is 0. The lowest BCUT2D eigenvalue weighted by Gasteiger charge is -2.29. The number of anilines is 2. The van der Waals surface area contributed by atoms with E-state index in [1.54, 1.807) is 0 Å². The first kappa shape index (κ1) is 15.5. The Bertz CT molecular complexity index is 588. The van der Waals surface area contributed by atoms with Crippen LogP contribution in [0, 0.1) is 5.92 Å². The van der Waals surface area contributed by atoms with Crippen LogP contribution in [0.1, 0.15) is 18.1 Å². The molecule has 0 amide bonds. The molecular formula is C20H26NS+. The Morgan fingerprint density at radius 2 is 1.41 bits per heavy atom. The standard InChI is InChI=1S/C20H26NS/c1-16(15-22(2)3)14-21-19-10-6-4-8-17(19)12-13-18-9-5-7-11-20(18)21/h4-11,16H,12-15H2,1-3H3/q+1. The highest BCUT2D eigenvalue weighted by molar-refractivity contribution is 7.95. The van der Waals surface area contributed by atoms with E-state index >= 15 is 0 Å². The molecule has 0 saturated carbocycles. The summed E-state index contributed by atoms with van der Waals surface area (Å²) in [5.74, 6) is 2.01. The first-order valence-electron chi connectivity index (χ1n) is 8.12. The summed E-state index contributed by atoms with van der Waals surface area (Å²) < 4.78 is 0. The first-order valence-corrected chi connectivity index (χ1v) is 10.3. The largest absolute Gasteiger partial charge is 0.341 e. The number of nitrogens with zero attached hydrogens (tertiary/aromatic N) is 1. The lowest BCUT2D eigenvalue weighted by Crippen LogP contribution is -2.28. The van der Waals surface area contributed by atoms with Crippen LogP contribution in [0.15, 0.2) is 48.5 Å². The third-order valence-electron chi connectivity index (χ3n) is 4.34. The van der Waals surface area contributed by atoms with E-state index in [0.29, 0.717) is 16.8 Å². The Balaban J connectivity index is 1.99. The van der Waals surface area contributed by atoms with Crippen molar-refractivity contribution in [2.45, 2.75) is 19.8 Å². The Hall–Kier alpha value is -1.41. The fourth-order valence-electron chi connectivity index (χ4n) is 3.50. The van der Waals surface area contributed by atoms with Crippen LogP contribution in [0.3, 0.4) is 0 Å². The molecule has 3 rings (SSSR count). The van der Waals surface area contributed by atoms with E-state index < -0.39 is 0 Å². The second-order valence-electron chi connectivity index (χ2n) is 6.63. The van der Waals surface area contributed by atoms with Gasteiger partial charge in [-0.15, -0.1) is 0 Å². The van der Waals surface area contributed by atoms with Crippen LogP contribution in [0.4, 0.5) is 11.4 Å². The zero-order chi connectivity index (χ0) is 15.5. The minimum absolute atomic E-state index is 0.503. The van der Waals surface area contributed by atoms with Crippen molar-refractivity contribution in [1.29, 1.82) is 0 Å². The maximum Gasteiger partial charge on any atom is 0.111 e. The van der Waals surface area contributed by atoms with Crippen molar-refractivity contribution >= 4 is 22.3 Å². The number of aryl methyl sites for hydroxylation is 2. The minimum Gasteiger partial charge on any atom is -0.341 e. The van der Waals surface area contributed by atoms with Gasteiger partial charge in [-0.2, -0.15) is 0 Å². The molecule has 0 bridgehead atoms. The van der Waals surface area contributed by atoms with Gasteiger partial charge in [0, 0.05) is 23.8 Å². The van der Waals surface area contributed by atoms with Crippen molar-refractivity contribution in [3.05, 3.63) is 59.7 Å². The number of rotatable bonds is 4. The van der Waals surface area contributed by atoms with E-state index in [4.69, 9.17) is 0 Å². The SMILES string of the molecule is CC(CN1c2ccccc2CCc2ccccc21)C[S+](C)C. The molecule has 1 atom stereocenters. The summed E-state index contributed by atoms with van der Waals surface area (Å²) in [6.07, 6.45) is 6.98. The van der Waals surface area contributed by atoms with Crippen molar-refractivity contribution in [2.75, 3.05) is 29.7 Å². The van der Waals surface area contributed by atoms with E-state index in [-0.39, 0.29) is 0 Å². The molecule has 0 aliphatic carbocycles. The summed E-state index contributed by atoms with van der Waals surface area (Å²) in [6.45, 7) is 3.50. The molecule has 0 saturated heterocycles. The zero-order valence-corrected chi connectivity index (χ0v) is 14.7. The maximum atomic E-state index is 2.56. The van der Waals surface area contributed by atoms with Gasteiger partial charge in [0.25, 0.3) is 0 Å². The van der Waals surface area contributed by atoms with Crippen molar-refractivity contribution < 1.29 is 0 Å². The Morgan fingerprint density at radius 3 is 1.91 bits per heavy atom. The lowest BCUT2D eigenvalue weighted by molar-refractivity contribution is 0.660. The van der Waals surface area contributed by atoms with Crippen LogP contribution in [0.2, 0.25) is 0 Å². The fourth-order valence-corrected chi connectivity index (χ4v) is 4.74. The Morgan fingerprint density at radius 1 is 0.909 bits per heavy atom. The van der Waals surface area contributed by atoms with E-state index in [1.807, 2.05) is 0 Å². The minimum atomic E-state index is 0.503. The summed E-state index contributed by atoms with van der Waals surface area (Å²) in [5.41, 5.74) is 5.79. The predicted octanol–water partition coefficient (Wildman–Crippen LogP) is 4.44. The van der Waals surface area contributed by atoms with Gasteiger partial charge in [0.05, 0.1) is 12.5 Å². The van der Waals surface area contributed by atoms with Gasteiger partial charge in [-0.1, -0.05) is 43.3 Å². The van der Waals surface area contributed by atoms with Gasteiger partial charge in [0.1, 0.15) is 5.75 Å². The van der Waals surface area contributed by atoms with Crippen molar-refractivity contribution in [3.63, 3.8) is 0 Å². The van der Waals surface area contributed by atoms with E-state index in [1.165, 1.54) is 28.3 Å². The number of benzene rings is 2. The molecule has 22 heavy (non-hydrogen) atoms. The molecule has 1 heterocycles.